The molecule has 13 rings (SSSR count). The third kappa shape index (κ3) is 4.00. The van der Waals surface area contributed by atoms with Crippen LogP contribution in [0.2, 0.25) is 0 Å². The molecule has 258 valence electrons. The fraction of sp³-hybridized carbons (Fsp3) is 0. The molecule has 0 saturated carbocycles. The number of para-hydroxylation sites is 1. The highest BCUT2D eigenvalue weighted by atomic mass is 15.0. The second-order valence-electron chi connectivity index (χ2n) is 15.3. The van der Waals surface area contributed by atoms with Gasteiger partial charge in [-0.3, -0.25) is 0 Å². The van der Waals surface area contributed by atoms with Crippen molar-refractivity contribution in [1.82, 2.24) is 9.13 Å². The Balaban J connectivity index is 0.989. The van der Waals surface area contributed by atoms with Gasteiger partial charge in [-0.15, -0.1) is 0 Å². The Labute approximate surface area is 322 Å². The van der Waals surface area contributed by atoms with E-state index in [-0.39, 0.29) is 0 Å². The second kappa shape index (κ2) is 11.1. The topological polar surface area (TPSA) is 9.86 Å². The molecule has 56 heavy (non-hydrogen) atoms. The normalized spacial score (nSPS) is 12.3. The highest BCUT2D eigenvalue weighted by Gasteiger charge is 2.22. The summed E-state index contributed by atoms with van der Waals surface area (Å²) in [6.07, 6.45) is 0. The molecule has 0 fully saturated rings. The molecule has 1 aliphatic rings. The molecule has 0 unspecified atom stereocenters. The van der Waals surface area contributed by atoms with Gasteiger partial charge in [0.2, 0.25) is 0 Å². The van der Waals surface area contributed by atoms with Crippen LogP contribution in [0.4, 0.5) is 0 Å². The summed E-state index contributed by atoms with van der Waals surface area (Å²) in [7, 11) is 0. The third-order valence-corrected chi connectivity index (χ3v) is 12.4. The van der Waals surface area contributed by atoms with Crippen LogP contribution in [0, 0.1) is 0 Å². The van der Waals surface area contributed by atoms with E-state index in [9.17, 15) is 0 Å². The highest BCUT2D eigenvalue weighted by molar-refractivity contribution is 6.28. The molecule has 12 aromatic rings. The van der Waals surface area contributed by atoms with E-state index >= 15 is 0 Å². The quantitative estimate of drug-likeness (QED) is 0.173. The molecule has 0 bridgehead atoms. The van der Waals surface area contributed by atoms with Gasteiger partial charge in [-0.25, -0.2) is 0 Å². The average molecular weight is 709 g/mol. The van der Waals surface area contributed by atoms with E-state index in [2.05, 4.69) is 203 Å². The number of hydrogen-bond acceptors (Lipinski definition) is 0. The van der Waals surface area contributed by atoms with Crippen molar-refractivity contribution in [3.63, 3.8) is 0 Å². The maximum Gasteiger partial charge on any atom is 0.0547 e. The van der Waals surface area contributed by atoms with E-state index < -0.39 is 0 Å². The molecular weight excluding hydrogens is 677 g/mol. The van der Waals surface area contributed by atoms with Gasteiger partial charge in [0.1, 0.15) is 0 Å². The first-order chi connectivity index (χ1) is 27.8. The lowest BCUT2D eigenvalue weighted by atomic mass is 9.96. The molecule has 0 N–H and O–H groups in total. The highest BCUT2D eigenvalue weighted by Crippen LogP contribution is 2.49. The van der Waals surface area contributed by atoms with E-state index in [1.54, 1.807) is 0 Å². The first kappa shape index (κ1) is 30.0. The minimum absolute atomic E-state index is 1.15. The molecule has 0 saturated heterocycles. The van der Waals surface area contributed by atoms with E-state index in [0.29, 0.717) is 0 Å². The monoisotopic (exact) mass is 708 g/mol. The minimum Gasteiger partial charge on any atom is -0.309 e. The summed E-state index contributed by atoms with van der Waals surface area (Å²) >= 11 is 0. The molecule has 0 atom stereocenters. The van der Waals surface area contributed by atoms with Gasteiger partial charge in [0.15, 0.2) is 0 Å². The van der Waals surface area contributed by atoms with Crippen molar-refractivity contribution in [2.45, 2.75) is 0 Å². The van der Waals surface area contributed by atoms with Crippen molar-refractivity contribution in [2.75, 3.05) is 0 Å². The number of benzene rings is 10. The minimum atomic E-state index is 1.15. The van der Waals surface area contributed by atoms with Crippen LogP contribution in [-0.2, 0) is 0 Å². The Morgan fingerprint density at radius 1 is 0.250 bits per heavy atom. The zero-order valence-electron chi connectivity index (χ0n) is 30.4. The van der Waals surface area contributed by atoms with Gasteiger partial charge in [0.25, 0.3) is 0 Å². The summed E-state index contributed by atoms with van der Waals surface area (Å²) in [5, 5.41) is 12.8. The van der Waals surface area contributed by atoms with Gasteiger partial charge in [-0.1, -0.05) is 133 Å². The fourth-order valence-corrected chi connectivity index (χ4v) is 9.99. The van der Waals surface area contributed by atoms with Crippen LogP contribution in [0.25, 0.3) is 121 Å². The smallest absolute Gasteiger partial charge is 0.0547 e. The lowest BCUT2D eigenvalue weighted by Gasteiger charge is -2.12. The molecule has 0 amide bonds. The van der Waals surface area contributed by atoms with E-state index in [1.165, 1.54) is 109 Å². The summed E-state index contributed by atoms with van der Waals surface area (Å²) < 4.78 is 4.90. The van der Waals surface area contributed by atoms with Crippen molar-refractivity contribution < 1.29 is 0 Å². The van der Waals surface area contributed by atoms with Gasteiger partial charge in [-0.2, -0.15) is 0 Å². The SMILES string of the molecule is c1ccc2c(c1)-c1cccc3cc(-c4ccc(-n5c6ccccc6c6cc(-n7c8ccc9ccccc9c8c8c9ccccc9ccc87)ccc65)cc4)cc-2c13. The van der Waals surface area contributed by atoms with Crippen molar-refractivity contribution >= 4 is 75.9 Å². The van der Waals surface area contributed by atoms with Gasteiger partial charge in [-0.05, 0) is 126 Å². The van der Waals surface area contributed by atoms with Crippen LogP contribution < -0.4 is 0 Å². The predicted molar refractivity (Wildman–Crippen MR) is 238 cm³/mol. The predicted octanol–water partition coefficient (Wildman–Crippen LogP) is 14.7. The van der Waals surface area contributed by atoms with Crippen LogP contribution in [0.1, 0.15) is 0 Å². The van der Waals surface area contributed by atoms with Gasteiger partial charge in [0, 0.05) is 32.9 Å². The summed E-state index contributed by atoms with van der Waals surface area (Å²) in [5.74, 6) is 0. The number of fused-ring (bicyclic) bond motifs is 13. The standard InChI is InChI=1S/C54H32N2/c1-3-13-40-34(10-1)22-27-50-53(40)54-41-14-4-2-11-35(41)23-28-51(54)56(50)39-26-29-49-46(32-39)44-17-7-8-19-48(44)55(49)38-24-20-33(21-25-38)37-30-36-12-9-18-45-42-15-5-6-16-43(42)47(31-37)52(36)45/h1-32H. The van der Waals surface area contributed by atoms with Crippen LogP contribution in [0.5, 0.6) is 0 Å². The molecule has 2 heteroatoms. The molecule has 1 aliphatic carbocycles. The zero-order valence-corrected chi connectivity index (χ0v) is 30.4. The average Bonchev–Trinajstić information content (AvgIpc) is 3.90. The zero-order chi connectivity index (χ0) is 36.5. The second-order valence-corrected chi connectivity index (χ2v) is 15.3. The first-order valence-electron chi connectivity index (χ1n) is 19.4. The van der Waals surface area contributed by atoms with Crippen LogP contribution >= 0.6 is 0 Å². The Morgan fingerprint density at radius 2 is 0.786 bits per heavy atom. The van der Waals surface area contributed by atoms with E-state index in [1.807, 2.05) is 0 Å². The lowest BCUT2D eigenvalue weighted by molar-refractivity contribution is 1.17. The summed E-state index contributed by atoms with van der Waals surface area (Å²) in [6.45, 7) is 0. The molecule has 2 aromatic heterocycles. The molecule has 0 radical (unpaired) electrons. The van der Waals surface area contributed by atoms with Crippen molar-refractivity contribution in [1.29, 1.82) is 0 Å². The third-order valence-electron chi connectivity index (χ3n) is 12.4. The molecule has 2 nitrogen and oxygen atoms in total. The van der Waals surface area contributed by atoms with E-state index in [4.69, 9.17) is 0 Å². The van der Waals surface area contributed by atoms with Gasteiger partial charge >= 0.3 is 0 Å². The maximum absolute atomic E-state index is 2.47. The Kier molecular flexibility index (Phi) is 5.92. The number of nitrogens with zero attached hydrogens (tertiary/aromatic N) is 2. The molecule has 0 spiro atoms. The van der Waals surface area contributed by atoms with Crippen molar-refractivity contribution in [3.05, 3.63) is 194 Å². The van der Waals surface area contributed by atoms with Gasteiger partial charge < -0.3 is 9.13 Å². The maximum atomic E-state index is 2.47. The Bertz CT molecular complexity index is 3540. The number of hydrogen-bond donors (Lipinski definition) is 0. The number of aromatic nitrogens is 2. The van der Waals surface area contributed by atoms with Crippen LogP contribution in [0.15, 0.2) is 194 Å². The Morgan fingerprint density at radius 3 is 1.52 bits per heavy atom. The van der Waals surface area contributed by atoms with Crippen molar-refractivity contribution in [2.24, 2.45) is 0 Å². The van der Waals surface area contributed by atoms with Gasteiger partial charge in [0.05, 0.1) is 22.1 Å². The van der Waals surface area contributed by atoms with Crippen molar-refractivity contribution in [3.8, 4) is 44.8 Å². The summed E-state index contributed by atoms with van der Waals surface area (Å²) in [5.41, 5.74) is 14.9. The van der Waals surface area contributed by atoms with Crippen LogP contribution in [-0.4, -0.2) is 9.13 Å². The van der Waals surface area contributed by atoms with Crippen LogP contribution in [0.3, 0.4) is 0 Å². The van der Waals surface area contributed by atoms with E-state index in [0.717, 1.165) is 11.4 Å². The molecular formula is C54H32N2. The lowest BCUT2D eigenvalue weighted by Crippen LogP contribution is -1.96. The summed E-state index contributed by atoms with van der Waals surface area (Å²) in [6, 6.07) is 72.0. The first-order valence-corrected chi connectivity index (χ1v) is 19.4. The molecule has 2 heterocycles. The molecule has 10 aromatic carbocycles. The Hall–Kier alpha value is -7.42. The largest absolute Gasteiger partial charge is 0.309 e. The summed E-state index contributed by atoms with van der Waals surface area (Å²) in [4.78, 5) is 0. The number of rotatable bonds is 3. The fourth-order valence-electron chi connectivity index (χ4n) is 9.99. The molecule has 0 aliphatic heterocycles.